The summed E-state index contributed by atoms with van der Waals surface area (Å²) in [5.74, 6) is -0.0731. The molecule has 0 bridgehead atoms. The Balaban J connectivity index is 1.83. The minimum atomic E-state index is -3.14. The molecule has 0 aromatic carbocycles. The first-order valence-corrected chi connectivity index (χ1v) is 9.27. The summed E-state index contributed by atoms with van der Waals surface area (Å²) in [7, 11) is 0.627. The van der Waals surface area contributed by atoms with E-state index in [1.165, 1.54) is 11.3 Å². The number of likely N-dealkylation sites (tertiary alicyclic amines) is 1. The summed E-state index contributed by atoms with van der Waals surface area (Å²) in [5.41, 5.74) is 5.85. The van der Waals surface area contributed by atoms with Crippen LogP contribution in [0.4, 0.5) is 5.13 Å². The second kappa shape index (κ2) is 4.92. The lowest BCUT2D eigenvalue weighted by Gasteiger charge is -2.24. The Labute approximate surface area is 127 Å². The zero-order chi connectivity index (χ0) is 15.4. The number of carbonyl (C=O) groups excluding carboxylic acids is 1. The number of thiazole rings is 1. The Hall–Kier alpha value is -1.19. The van der Waals surface area contributed by atoms with Gasteiger partial charge in [0.1, 0.15) is 5.69 Å². The number of fused-ring (bicyclic) bond motifs is 1. The molecule has 2 fully saturated rings. The molecule has 3 atom stereocenters. The third-order valence-corrected chi connectivity index (χ3v) is 7.26. The third kappa shape index (κ3) is 2.43. The van der Waals surface area contributed by atoms with Gasteiger partial charge in [-0.1, -0.05) is 0 Å². The van der Waals surface area contributed by atoms with Crippen molar-refractivity contribution in [3.8, 4) is 0 Å². The highest BCUT2D eigenvalue weighted by atomic mass is 32.2. The van der Waals surface area contributed by atoms with Gasteiger partial charge in [-0.3, -0.25) is 4.79 Å². The molecule has 116 valence electrons. The van der Waals surface area contributed by atoms with E-state index >= 15 is 0 Å². The lowest BCUT2D eigenvalue weighted by Crippen LogP contribution is -2.38. The van der Waals surface area contributed by atoms with Gasteiger partial charge in [0.2, 0.25) is 0 Å². The maximum atomic E-state index is 12.4. The van der Waals surface area contributed by atoms with E-state index < -0.39 is 15.1 Å². The van der Waals surface area contributed by atoms with Crippen LogP contribution in [0.2, 0.25) is 0 Å². The van der Waals surface area contributed by atoms with Crippen molar-refractivity contribution in [1.29, 1.82) is 0 Å². The van der Waals surface area contributed by atoms with E-state index in [0.29, 0.717) is 17.4 Å². The second-order valence-corrected chi connectivity index (χ2v) is 9.00. The van der Waals surface area contributed by atoms with Crippen molar-refractivity contribution in [2.24, 2.45) is 5.92 Å². The molecule has 0 spiro atoms. The molecular weight excluding hydrogens is 312 g/mol. The predicted octanol–water partition coefficient (Wildman–Crippen LogP) is -0.475. The summed E-state index contributed by atoms with van der Waals surface area (Å²) >= 11 is 1.21. The van der Waals surface area contributed by atoms with Crippen LogP contribution in [0.5, 0.6) is 0 Å². The lowest BCUT2D eigenvalue weighted by atomic mass is 10.00. The Bertz CT molecular complexity index is 670. The smallest absolute Gasteiger partial charge is 0.273 e. The number of anilines is 1. The first-order chi connectivity index (χ1) is 9.79. The van der Waals surface area contributed by atoms with Gasteiger partial charge in [-0.05, 0) is 14.1 Å². The molecule has 1 aromatic heterocycles. The molecule has 2 saturated heterocycles. The molecule has 0 unspecified atom stereocenters. The van der Waals surface area contributed by atoms with Gasteiger partial charge >= 0.3 is 0 Å². The summed E-state index contributed by atoms with van der Waals surface area (Å²) in [5, 5.41) is 1.50. The molecule has 7 nitrogen and oxygen atoms in total. The molecule has 2 N–H and O–H groups in total. The number of nitrogens with two attached hydrogens (primary N) is 1. The van der Waals surface area contributed by atoms with Gasteiger partial charge < -0.3 is 15.5 Å². The van der Waals surface area contributed by atoms with Gasteiger partial charge in [-0.15, -0.1) is 11.3 Å². The molecular formula is C12H18N4O3S2. The summed E-state index contributed by atoms with van der Waals surface area (Å²) in [4.78, 5) is 19.9. The van der Waals surface area contributed by atoms with Crippen LogP contribution in [0.1, 0.15) is 10.5 Å². The van der Waals surface area contributed by atoms with Crippen molar-refractivity contribution in [3.63, 3.8) is 0 Å². The molecule has 3 heterocycles. The number of carbonyl (C=O) groups is 1. The zero-order valence-electron chi connectivity index (χ0n) is 11.9. The van der Waals surface area contributed by atoms with Crippen molar-refractivity contribution in [1.82, 2.24) is 14.8 Å². The van der Waals surface area contributed by atoms with Crippen LogP contribution < -0.4 is 5.73 Å². The van der Waals surface area contributed by atoms with Crippen molar-refractivity contribution < 1.29 is 13.2 Å². The standard InChI is InChI=1S/C12H18N4O3S2/c1-15(2)9-6-21(18,19)10-4-16(3-7(9)10)11(17)8-5-20-12(13)14-8/h5,7,9-10H,3-4,6H2,1-2H3,(H2,13,14)/t7-,9+,10-/m0/s1. The van der Waals surface area contributed by atoms with Crippen LogP contribution in [0.25, 0.3) is 0 Å². The van der Waals surface area contributed by atoms with Gasteiger partial charge in [0.25, 0.3) is 5.91 Å². The zero-order valence-corrected chi connectivity index (χ0v) is 13.5. The molecule has 0 saturated carbocycles. The van der Waals surface area contributed by atoms with Gasteiger partial charge in [0.15, 0.2) is 15.0 Å². The Morgan fingerprint density at radius 3 is 2.76 bits per heavy atom. The quantitative estimate of drug-likeness (QED) is 0.787. The molecule has 0 radical (unpaired) electrons. The maximum Gasteiger partial charge on any atom is 0.273 e. The number of sulfone groups is 1. The molecule has 1 aromatic rings. The Morgan fingerprint density at radius 2 is 2.19 bits per heavy atom. The fourth-order valence-corrected chi connectivity index (χ4v) is 6.29. The molecule has 2 aliphatic heterocycles. The monoisotopic (exact) mass is 330 g/mol. The maximum absolute atomic E-state index is 12.4. The van der Waals surface area contributed by atoms with Crippen molar-refractivity contribution >= 4 is 32.2 Å². The average Bonchev–Trinajstić information content (AvgIpc) is 3.05. The van der Waals surface area contributed by atoms with Gasteiger partial charge in [0, 0.05) is 30.4 Å². The van der Waals surface area contributed by atoms with E-state index in [2.05, 4.69) is 4.98 Å². The van der Waals surface area contributed by atoms with Gasteiger partial charge in [-0.2, -0.15) is 0 Å². The third-order valence-electron chi connectivity index (χ3n) is 4.36. The molecule has 1 amide bonds. The molecule has 9 heteroatoms. The van der Waals surface area contributed by atoms with Crippen LogP contribution >= 0.6 is 11.3 Å². The highest BCUT2D eigenvalue weighted by Gasteiger charge is 2.53. The van der Waals surface area contributed by atoms with Crippen LogP contribution in [-0.2, 0) is 9.84 Å². The average molecular weight is 330 g/mol. The van der Waals surface area contributed by atoms with E-state index in [1.807, 2.05) is 19.0 Å². The van der Waals surface area contributed by atoms with Crippen molar-refractivity contribution in [2.75, 3.05) is 38.7 Å². The first-order valence-electron chi connectivity index (χ1n) is 6.68. The van der Waals surface area contributed by atoms with Gasteiger partial charge in [-0.25, -0.2) is 13.4 Å². The van der Waals surface area contributed by atoms with E-state index in [4.69, 9.17) is 5.73 Å². The van der Waals surface area contributed by atoms with E-state index in [-0.39, 0.29) is 30.2 Å². The molecule has 0 aliphatic carbocycles. The van der Waals surface area contributed by atoms with Crippen molar-refractivity contribution in [3.05, 3.63) is 11.1 Å². The predicted molar refractivity (Wildman–Crippen MR) is 81.0 cm³/mol. The number of hydrogen-bond acceptors (Lipinski definition) is 7. The van der Waals surface area contributed by atoms with E-state index in [9.17, 15) is 13.2 Å². The minimum Gasteiger partial charge on any atom is -0.375 e. The Morgan fingerprint density at radius 1 is 1.48 bits per heavy atom. The van der Waals surface area contributed by atoms with Crippen LogP contribution in [0, 0.1) is 5.92 Å². The summed E-state index contributed by atoms with van der Waals surface area (Å²) < 4.78 is 24.5. The minimum absolute atomic E-state index is 0.0232. The highest BCUT2D eigenvalue weighted by molar-refractivity contribution is 7.92. The Kier molecular flexibility index (Phi) is 3.45. The SMILES string of the molecule is CN(C)[C@@H]1CS(=O)(=O)[C@H]2CN(C(=O)c3csc(N)n3)C[C@@H]12. The number of rotatable bonds is 2. The second-order valence-electron chi connectivity index (χ2n) is 5.84. The van der Waals surface area contributed by atoms with Crippen LogP contribution in [0.15, 0.2) is 5.38 Å². The van der Waals surface area contributed by atoms with Gasteiger partial charge in [0.05, 0.1) is 11.0 Å². The van der Waals surface area contributed by atoms with Crippen molar-refractivity contribution in [2.45, 2.75) is 11.3 Å². The van der Waals surface area contributed by atoms with Crippen LogP contribution in [-0.4, -0.2) is 73.3 Å². The summed E-state index contributed by atoms with van der Waals surface area (Å²) in [6.45, 7) is 0.719. The molecule has 2 aliphatic rings. The van der Waals surface area contributed by atoms with Crippen LogP contribution in [0.3, 0.4) is 0 Å². The molecule has 21 heavy (non-hydrogen) atoms. The summed E-state index contributed by atoms with van der Waals surface area (Å²) in [6.07, 6.45) is 0. The number of hydrogen-bond donors (Lipinski definition) is 1. The summed E-state index contributed by atoms with van der Waals surface area (Å²) in [6, 6.07) is -0.0293. The number of amides is 1. The molecule has 3 rings (SSSR count). The lowest BCUT2D eigenvalue weighted by molar-refractivity contribution is 0.0774. The fourth-order valence-electron chi connectivity index (χ4n) is 3.28. The van der Waals surface area contributed by atoms with E-state index in [0.717, 1.165) is 0 Å². The topological polar surface area (TPSA) is 96.6 Å². The van der Waals surface area contributed by atoms with E-state index in [1.54, 1.807) is 10.3 Å². The first kappa shape index (κ1) is 14.7. The number of nitrogen functional groups attached to an aromatic ring is 1. The number of nitrogens with zero attached hydrogens (tertiary/aromatic N) is 3. The highest BCUT2D eigenvalue weighted by Crippen LogP contribution is 2.36. The number of aromatic nitrogens is 1. The normalized spacial score (nSPS) is 30.8. The fraction of sp³-hybridized carbons (Fsp3) is 0.667. The largest absolute Gasteiger partial charge is 0.375 e.